The van der Waals surface area contributed by atoms with Gasteiger partial charge in [0.25, 0.3) is 0 Å². The van der Waals surface area contributed by atoms with Crippen molar-refractivity contribution in [2.75, 3.05) is 5.75 Å². The Labute approximate surface area is 142 Å². The van der Waals surface area contributed by atoms with E-state index in [2.05, 4.69) is 34.1 Å². The Kier molecular flexibility index (Phi) is 4.96. The summed E-state index contributed by atoms with van der Waals surface area (Å²) in [6.45, 7) is 0. The summed E-state index contributed by atoms with van der Waals surface area (Å²) < 4.78 is 1.07. The Balaban J connectivity index is 1.62. The first-order valence-electron chi connectivity index (χ1n) is 7.13. The van der Waals surface area contributed by atoms with Crippen LogP contribution in [0.3, 0.4) is 0 Å². The molecule has 0 fully saturated rings. The molecule has 0 N–H and O–H groups in total. The Morgan fingerprint density at radius 1 is 0.909 bits per heavy atom. The molecule has 3 heteroatoms. The van der Waals surface area contributed by atoms with Crippen molar-refractivity contribution in [3.05, 3.63) is 76.8 Å². The average molecular weight is 371 g/mol. The van der Waals surface area contributed by atoms with Crippen molar-refractivity contribution in [1.82, 2.24) is 0 Å². The maximum Gasteiger partial charge on any atom is 0.163 e. The lowest BCUT2D eigenvalue weighted by Crippen LogP contribution is -2.00. The van der Waals surface area contributed by atoms with Gasteiger partial charge in [-0.15, -0.1) is 11.8 Å². The first-order valence-corrected chi connectivity index (χ1v) is 8.90. The molecule has 22 heavy (non-hydrogen) atoms. The van der Waals surface area contributed by atoms with Crippen LogP contribution in [0.15, 0.2) is 76.1 Å². The van der Waals surface area contributed by atoms with E-state index in [1.54, 1.807) is 11.8 Å². The van der Waals surface area contributed by atoms with Gasteiger partial charge in [0.05, 0.1) is 0 Å². The molecule has 3 rings (SSSR count). The summed E-state index contributed by atoms with van der Waals surface area (Å²) in [5.41, 5.74) is 0.801. The van der Waals surface area contributed by atoms with Gasteiger partial charge < -0.3 is 0 Å². The minimum absolute atomic E-state index is 0.204. The molecular weight excluding hydrogens is 356 g/mol. The van der Waals surface area contributed by atoms with Crippen LogP contribution in [-0.2, 0) is 0 Å². The van der Waals surface area contributed by atoms with Crippen molar-refractivity contribution in [2.24, 2.45) is 0 Å². The van der Waals surface area contributed by atoms with Crippen molar-refractivity contribution in [3.8, 4) is 0 Å². The highest BCUT2D eigenvalue weighted by Gasteiger charge is 2.07. The van der Waals surface area contributed by atoms with E-state index in [1.807, 2.05) is 48.5 Å². The highest BCUT2D eigenvalue weighted by Crippen LogP contribution is 2.22. The van der Waals surface area contributed by atoms with Crippen LogP contribution in [-0.4, -0.2) is 11.5 Å². The van der Waals surface area contributed by atoms with Crippen LogP contribution < -0.4 is 0 Å². The lowest BCUT2D eigenvalue weighted by Gasteiger charge is -2.04. The van der Waals surface area contributed by atoms with Crippen molar-refractivity contribution in [1.29, 1.82) is 0 Å². The van der Waals surface area contributed by atoms with Crippen LogP contribution in [0, 0.1) is 0 Å². The summed E-state index contributed by atoms with van der Waals surface area (Å²) in [5.74, 6) is 1.00. The predicted molar refractivity (Wildman–Crippen MR) is 97.8 cm³/mol. The summed E-state index contributed by atoms with van der Waals surface area (Å²) in [6, 6.07) is 22.2. The summed E-state index contributed by atoms with van der Waals surface area (Å²) >= 11 is 5.14. The van der Waals surface area contributed by atoms with Gasteiger partial charge in [-0.3, -0.25) is 4.79 Å². The van der Waals surface area contributed by atoms with E-state index < -0.39 is 0 Å². The minimum atomic E-state index is 0.204. The lowest BCUT2D eigenvalue weighted by atomic mass is 10.0. The first kappa shape index (κ1) is 15.3. The van der Waals surface area contributed by atoms with E-state index in [9.17, 15) is 4.79 Å². The van der Waals surface area contributed by atoms with E-state index in [1.165, 1.54) is 10.3 Å². The second kappa shape index (κ2) is 7.12. The number of halogens is 1. The van der Waals surface area contributed by atoms with E-state index in [-0.39, 0.29) is 5.78 Å². The smallest absolute Gasteiger partial charge is 0.163 e. The molecule has 0 aliphatic rings. The molecular formula is C19H15BrOS. The second-order valence-corrected chi connectivity index (χ2v) is 7.12. The zero-order chi connectivity index (χ0) is 15.4. The van der Waals surface area contributed by atoms with Gasteiger partial charge in [0, 0.05) is 27.1 Å². The third kappa shape index (κ3) is 3.79. The molecule has 0 heterocycles. The fraction of sp³-hybridized carbons (Fsp3) is 0.105. The third-order valence-corrected chi connectivity index (χ3v) is 5.03. The van der Waals surface area contributed by atoms with E-state index in [0.29, 0.717) is 6.42 Å². The average Bonchev–Trinajstić information content (AvgIpc) is 2.56. The highest BCUT2D eigenvalue weighted by atomic mass is 79.9. The van der Waals surface area contributed by atoms with Crippen LogP contribution in [0.4, 0.5) is 0 Å². The van der Waals surface area contributed by atoms with Gasteiger partial charge in [0.2, 0.25) is 0 Å². The molecule has 0 amide bonds. The van der Waals surface area contributed by atoms with Gasteiger partial charge in [0.1, 0.15) is 0 Å². The van der Waals surface area contributed by atoms with E-state index in [4.69, 9.17) is 0 Å². The molecule has 3 aromatic carbocycles. The van der Waals surface area contributed by atoms with Gasteiger partial charge in [-0.25, -0.2) is 0 Å². The van der Waals surface area contributed by atoms with Crippen LogP contribution in [0.25, 0.3) is 10.8 Å². The molecule has 110 valence electrons. The molecule has 0 aliphatic carbocycles. The van der Waals surface area contributed by atoms with E-state index >= 15 is 0 Å². The van der Waals surface area contributed by atoms with Gasteiger partial charge in [-0.1, -0.05) is 52.3 Å². The standard InChI is InChI=1S/C19H15BrOS/c20-17-7-9-18(10-8-17)22-12-11-19(21)16-6-5-14-3-1-2-4-15(14)13-16/h1-10,13H,11-12H2. The molecule has 0 aliphatic heterocycles. The maximum atomic E-state index is 12.3. The first-order chi connectivity index (χ1) is 10.7. The quantitative estimate of drug-likeness (QED) is 0.406. The van der Waals surface area contributed by atoms with Gasteiger partial charge in [0.15, 0.2) is 5.78 Å². The number of ketones is 1. The monoisotopic (exact) mass is 370 g/mol. The normalized spacial score (nSPS) is 10.8. The molecule has 3 aromatic rings. The molecule has 0 radical (unpaired) electrons. The Hall–Kier alpha value is -1.58. The number of benzene rings is 3. The van der Waals surface area contributed by atoms with Crippen LogP contribution >= 0.6 is 27.7 Å². The van der Waals surface area contributed by atoms with Gasteiger partial charge in [-0.2, -0.15) is 0 Å². The fourth-order valence-corrected chi connectivity index (χ4v) is 3.42. The van der Waals surface area contributed by atoms with Crippen molar-refractivity contribution in [3.63, 3.8) is 0 Å². The Bertz CT molecular complexity index is 796. The zero-order valence-electron chi connectivity index (χ0n) is 12.0. The predicted octanol–water partition coefficient (Wildman–Crippen LogP) is 5.97. The third-order valence-electron chi connectivity index (χ3n) is 3.48. The molecule has 0 bridgehead atoms. The molecule has 0 spiro atoms. The summed E-state index contributed by atoms with van der Waals surface area (Å²) in [5, 5.41) is 2.29. The Morgan fingerprint density at radius 2 is 1.64 bits per heavy atom. The van der Waals surface area contributed by atoms with Crippen molar-refractivity contribution in [2.45, 2.75) is 11.3 Å². The maximum absolute atomic E-state index is 12.3. The highest BCUT2D eigenvalue weighted by molar-refractivity contribution is 9.10. The van der Waals surface area contributed by atoms with E-state index in [0.717, 1.165) is 21.2 Å². The number of carbonyl (C=O) groups is 1. The summed E-state index contributed by atoms with van der Waals surface area (Å²) in [6.07, 6.45) is 0.555. The van der Waals surface area contributed by atoms with Gasteiger partial charge in [-0.05, 0) is 41.1 Å². The molecule has 1 nitrogen and oxygen atoms in total. The molecule has 0 atom stereocenters. The molecule has 0 saturated carbocycles. The number of fused-ring (bicyclic) bond motifs is 1. The SMILES string of the molecule is O=C(CCSc1ccc(Br)cc1)c1ccc2ccccc2c1. The number of carbonyl (C=O) groups excluding carboxylic acids is 1. The molecule has 0 saturated heterocycles. The zero-order valence-corrected chi connectivity index (χ0v) is 14.4. The van der Waals surface area contributed by atoms with Crippen molar-refractivity contribution < 1.29 is 4.79 Å². The minimum Gasteiger partial charge on any atom is -0.294 e. The second-order valence-electron chi connectivity index (χ2n) is 5.04. The number of Topliss-reactive ketones (excluding diaryl/α,β-unsaturated/α-hetero) is 1. The molecule has 0 aromatic heterocycles. The Morgan fingerprint density at radius 3 is 2.41 bits per heavy atom. The summed E-state index contributed by atoms with van der Waals surface area (Å²) in [4.78, 5) is 13.5. The number of rotatable bonds is 5. The lowest BCUT2D eigenvalue weighted by molar-refractivity contribution is 0.0989. The topological polar surface area (TPSA) is 17.1 Å². The number of thioether (sulfide) groups is 1. The molecule has 0 unspecified atom stereocenters. The van der Waals surface area contributed by atoms with Crippen LogP contribution in [0.5, 0.6) is 0 Å². The van der Waals surface area contributed by atoms with Crippen molar-refractivity contribution >= 4 is 44.2 Å². The number of hydrogen-bond acceptors (Lipinski definition) is 2. The van der Waals surface area contributed by atoms with Gasteiger partial charge >= 0.3 is 0 Å². The largest absolute Gasteiger partial charge is 0.294 e. The summed E-state index contributed by atoms with van der Waals surface area (Å²) in [7, 11) is 0. The van der Waals surface area contributed by atoms with Crippen LogP contribution in [0.1, 0.15) is 16.8 Å². The fourth-order valence-electron chi connectivity index (χ4n) is 2.30. The number of hydrogen-bond donors (Lipinski definition) is 0. The van der Waals surface area contributed by atoms with Crippen LogP contribution in [0.2, 0.25) is 0 Å².